The van der Waals surface area contributed by atoms with Crippen molar-refractivity contribution >= 4 is 17.3 Å². The van der Waals surface area contributed by atoms with Gasteiger partial charge in [-0.1, -0.05) is 20.8 Å². The van der Waals surface area contributed by atoms with E-state index in [-0.39, 0.29) is 5.41 Å². The molecule has 0 saturated heterocycles. The van der Waals surface area contributed by atoms with Crippen molar-refractivity contribution in [2.45, 2.75) is 32.6 Å². The van der Waals surface area contributed by atoms with E-state index in [4.69, 9.17) is 9.47 Å². The average Bonchev–Trinajstić information content (AvgIpc) is 2.73. The smallest absolute Gasteiger partial charge is 0.347 e. The quantitative estimate of drug-likeness (QED) is 0.780. The number of carbonyl (C=O) groups is 1. The number of methoxy groups -OCH3 is 1. The molecule has 0 aliphatic carbocycles. The highest BCUT2D eigenvalue weighted by atomic mass is 32.1. The number of hydrogen-bond donors (Lipinski definition) is 1. The SMILES string of the molecule is COCCOCCc1nc(C(C)(C)C)c(C(=O)O)s1. The molecule has 1 aromatic heterocycles. The number of carboxylic acids is 1. The molecule has 1 aromatic rings. The van der Waals surface area contributed by atoms with E-state index in [1.54, 1.807) is 7.11 Å². The number of carboxylic acid groups (broad SMARTS) is 1. The molecule has 0 amide bonds. The van der Waals surface area contributed by atoms with Crippen molar-refractivity contribution in [3.8, 4) is 0 Å². The van der Waals surface area contributed by atoms with Gasteiger partial charge in [-0.25, -0.2) is 9.78 Å². The van der Waals surface area contributed by atoms with Crippen molar-refractivity contribution in [3.63, 3.8) is 0 Å². The molecule has 1 N–H and O–H groups in total. The van der Waals surface area contributed by atoms with Gasteiger partial charge in [0.05, 0.1) is 30.5 Å². The van der Waals surface area contributed by atoms with Crippen molar-refractivity contribution in [1.82, 2.24) is 4.98 Å². The lowest BCUT2D eigenvalue weighted by Crippen LogP contribution is -2.16. The Bertz CT molecular complexity index is 423. The third kappa shape index (κ3) is 4.89. The molecule has 1 heterocycles. The van der Waals surface area contributed by atoms with Crippen LogP contribution in [-0.4, -0.2) is 43.0 Å². The molecule has 0 radical (unpaired) electrons. The first kappa shape index (κ1) is 16.1. The zero-order valence-corrected chi connectivity index (χ0v) is 12.7. The number of thiazole rings is 1. The number of ether oxygens (including phenoxy) is 2. The maximum absolute atomic E-state index is 11.2. The third-order valence-corrected chi connectivity index (χ3v) is 3.57. The largest absolute Gasteiger partial charge is 0.477 e. The van der Waals surface area contributed by atoms with Crippen LogP contribution >= 0.6 is 11.3 Å². The van der Waals surface area contributed by atoms with E-state index in [0.29, 0.717) is 36.8 Å². The van der Waals surface area contributed by atoms with Crippen LogP contribution in [0.2, 0.25) is 0 Å². The monoisotopic (exact) mass is 287 g/mol. The van der Waals surface area contributed by atoms with Gasteiger partial charge in [-0.2, -0.15) is 0 Å². The summed E-state index contributed by atoms with van der Waals surface area (Å²) < 4.78 is 10.2. The van der Waals surface area contributed by atoms with Gasteiger partial charge in [0.25, 0.3) is 0 Å². The first-order valence-corrected chi connectivity index (χ1v) is 6.98. The van der Waals surface area contributed by atoms with Gasteiger partial charge < -0.3 is 14.6 Å². The predicted octanol–water partition coefficient (Wildman–Crippen LogP) is 2.34. The second kappa shape index (κ2) is 6.98. The Morgan fingerprint density at radius 3 is 2.47 bits per heavy atom. The van der Waals surface area contributed by atoms with E-state index in [0.717, 1.165) is 5.01 Å². The van der Waals surface area contributed by atoms with Crippen LogP contribution in [0, 0.1) is 0 Å². The van der Waals surface area contributed by atoms with Crippen LogP contribution in [0.15, 0.2) is 0 Å². The maximum Gasteiger partial charge on any atom is 0.347 e. The van der Waals surface area contributed by atoms with Crippen molar-refractivity contribution in [3.05, 3.63) is 15.6 Å². The molecule has 6 heteroatoms. The van der Waals surface area contributed by atoms with E-state index < -0.39 is 5.97 Å². The van der Waals surface area contributed by atoms with E-state index in [1.807, 2.05) is 20.8 Å². The van der Waals surface area contributed by atoms with Crippen molar-refractivity contribution < 1.29 is 19.4 Å². The number of rotatable bonds is 7. The minimum atomic E-state index is -0.908. The summed E-state index contributed by atoms with van der Waals surface area (Å²) in [5.74, 6) is -0.908. The van der Waals surface area contributed by atoms with Crippen LogP contribution in [-0.2, 0) is 21.3 Å². The zero-order valence-electron chi connectivity index (χ0n) is 11.9. The Morgan fingerprint density at radius 1 is 1.32 bits per heavy atom. The molecule has 108 valence electrons. The topological polar surface area (TPSA) is 68.7 Å². The Labute approximate surface area is 117 Å². The lowest BCUT2D eigenvalue weighted by atomic mass is 9.91. The summed E-state index contributed by atoms with van der Waals surface area (Å²) in [6, 6.07) is 0. The second-order valence-electron chi connectivity index (χ2n) is 5.20. The van der Waals surface area contributed by atoms with E-state index >= 15 is 0 Å². The van der Waals surface area contributed by atoms with Gasteiger partial charge >= 0.3 is 5.97 Å². The number of aromatic nitrogens is 1. The predicted molar refractivity (Wildman–Crippen MR) is 74.2 cm³/mol. The molecule has 0 unspecified atom stereocenters. The molecule has 0 saturated carbocycles. The van der Waals surface area contributed by atoms with Crippen LogP contribution in [0.25, 0.3) is 0 Å². The summed E-state index contributed by atoms with van der Waals surface area (Å²) in [6.07, 6.45) is 0.630. The van der Waals surface area contributed by atoms with E-state index in [2.05, 4.69) is 4.98 Å². The van der Waals surface area contributed by atoms with Crippen molar-refractivity contribution in [1.29, 1.82) is 0 Å². The van der Waals surface area contributed by atoms with Crippen LogP contribution in [0.3, 0.4) is 0 Å². The summed E-state index contributed by atoms with van der Waals surface area (Å²) in [7, 11) is 1.62. The molecule has 19 heavy (non-hydrogen) atoms. The summed E-state index contributed by atoms with van der Waals surface area (Å²) in [6.45, 7) is 7.53. The maximum atomic E-state index is 11.2. The molecule has 0 fully saturated rings. The molecule has 0 bridgehead atoms. The number of hydrogen-bond acceptors (Lipinski definition) is 5. The lowest BCUT2D eigenvalue weighted by molar-refractivity contribution is 0.0699. The highest BCUT2D eigenvalue weighted by Gasteiger charge is 2.26. The zero-order chi connectivity index (χ0) is 14.5. The molecular formula is C13H21NO4S. The standard InChI is InChI=1S/C13H21NO4S/c1-13(2,3)11-10(12(15)16)19-9(14-11)5-6-18-8-7-17-4/h5-8H2,1-4H3,(H,15,16). The number of nitrogens with zero attached hydrogens (tertiary/aromatic N) is 1. The van der Waals surface area contributed by atoms with E-state index in [1.165, 1.54) is 11.3 Å². The highest BCUT2D eigenvalue weighted by Crippen LogP contribution is 2.29. The van der Waals surface area contributed by atoms with Gasteiger partial charge in [0.15, 0.2) is 0 Å². The summed E-state index contributed by atoms with van der Waals surface area (Å²) >= 11 is 1.24. The third-order valence-electron chi connectivity index (χ3n) is 2.47. The number of aromatic carboxylic acids is 1. The van der Waals surface area contributed by atoms with Crippen molar-refractivity contribution in [2.24, 2.45) is 0 Å². The van der Waals surface area contributed by atoms with Crippen LogP contribution < -0.4 is 0 Å². The Balaban J connectivity index is 2.68. The highest BCUT2D eigenvalue weighted by molar-refractivity contribution is 7.13. The fourth-order valence-corrected chi connectivity index (χ4v) is 2.62. The molecular weight excluding hydrogens is 266 g/mol. The summed E-state index contributed by atoms with van der Waals surface area (Å²) in [5.41, 5.74) is 0.385. The van der Waals surface area contributed by atoms with Crippen LogP contribution in [0.5, 0.6) is 0 Å². The fraction of sp³-hybridized carbons (Fsp3) is 0.692. The van der Waals surface area contributed by atoms with Gasteiger partial charge in [-0.15, -0.1) is 11.3 Å². The minimum absolute atomic E-state index is 0.265. The molecule has 0 aliphatic rings. The second-order valence-corrected chi connectivity index (χ2v) is 6.28. The Kier molecular flexibility index (Phi) is 5.90. The summed E-state index contributed by atoms with van der Waals surface area (Å²) in [5, 5.41) is 10.0. The summed E-state index contributed by atoms with van der Waals surface area (Å²) in [4.78, 5) is 16.0. The van der Waals surface area contributed by atoms with Crippen molar-refractivity contribution in [2.75, 3.05) is 26.9 Å². The normalized spacial score (nSPS) is 11.8. The first-order chi connectivity index (χ1) is 8.86. The molecule has 0 atom stereocenters. The van der Waals surface area contributed by atoms with Gasteiger partial charge in [-0.3, -0.25) is 0 Å². The van der Waals surface area contributed by atoms with Gasteiger partial charge in [0.1, 0.15) is 4.88 Å². The average molecular weight is 287 g/mol. The van der Waals surface area contributed by atoms with Crippen LogP contribution in [0.4, 0.5) is 0 Å². The van der Waals surface area contributed by atoms with Gasteiger partial charge in [0.2, 0.25) is 0 Å². The van der Waals surface area contributed by atoms with Gasteiger partial charge in [0, 0.05) is 18.9 Å². The Hall–Kier alpha value is -0.980. The molecule has 5 nitrogen and oxygen atoms in total. The Morgan fingerprint density at radius 2 is 2.00 bits per heavy atom. The molecule has 1 rings (SSSR count). The lowest BCUT2D eigenvalue weighted by Gasteiger charge is -2.16. The van der Waals surface area contributed by atoms with Crippen LogP contribution in [0.1, 0.15) is 41.1 Å². The fourth-order valence-electron chi connectivity index (χ4n) is 1.53. The molecule has 0 aliphatic heterocycles. The van der Waals surface area contributed by atoms with E-state index in [9.17, 15) is 9.90 Å². The van der Waals surface area contributed by atoms with Gasteiger partial charge in [-0.05, 0) is 0 Å². The first-order valence-electron chi connectivity index (χ1n) is 6.16. The minimum Gasteiger partial charge on any atom is -0.477 e. The molecule has 0 aromatic carbocycles. The molecule has 0 spiro atoms.